The molecule has 4 heteroatoms. The van der Waals surface area contributed by atoms with Gasteiger partial charge in [-0.1, -0.05) is 17.8 Å². The lowest BCUT2D eigenvalue weighted by Crippen LogP contribution is -1.84. The van der Waals surface area contributed by atoms with Gasteiger partial charge >= 0.3 is 0 Å². The molecule has 0 saturated carbocycles. The van der Waals surface area contributed by atoms with E-state index in [2.05, 4.69) is 57.9 Å². The van der Waals surface area contributed by atoms with E-state index >= 15 is 0 Å². The highest BCUT2D eigenvalue weighted by Crippen LogP contribution is 2.28. The van der Waals surface area contributed by atoms with Gasteiger partial charge in [0.2, 0.25) is 0 Å². The normalized spacial score (nSPS) is 10.4. The summed E-state index contributed by atoms with van der Waals surface area (Å²) in [5.74, 6) is 0. The van der Waals surface area contributed by atoms with Gasteiger partial charge in [0.15, 0.2) is 0 Å². The molecule has 0 atom stereocenters. The number of aromatic nitrogens is 2. The molecule has 2 aromatic rings. The van der Waals surface area contributed by atoms with Crippen LogP contribution in [0.2, 0.25) is 0 Å². The van der Waals surface area contributed by atoms with Crippen molar-refractivity contribution in [1.82, 2.24) is 9.97 Å². The Morgan fingerprint density at radius 2 is 1.88 bits per heavy atom. The summed E-state index contributed by atoms with van der Waals surface area (Å²) in [6, 6.07) is 8.34. The Hall–Kier alpha value is -0.870. The van der Waals surface area contributed by atoms with E-state index in [4.69, 9.17) is 0 Å². The molecule has 1 aromatic heterocycles. The Labute approximate surface area is 108 Å². The number of halogens is 1. The van der Waals surface area contributed by atoms with E-state index in [0.717, 1.165) is 9.63 Å². The standard InChI is InChI=1S/C12H11BrN2S/c1-8-3-4-10(5-9(8)2)16-12-6-11(13)14-7-15-12/h3-7H,1-2H3. The van der Waals surface area contributed by atoms with E-state index < -0.39 is 0 Å². The summed E-state index contributed by atoms with van der Waals surface area (Å²) in [5, 5.41) is 0.949. The summed E-state index contributed by atoms with van der Waals surface area (Å²) in [5.41, 5.74) is 2.62. The fourth-order valence-corrected chi connectivity index (χ4v) is 2.61. The van der Waals surface area contributed by atoms with Gasteiger partial charge in [-0.3, -0.25) is 0 Å². The molecule has 0 fully saturated rings. The number of hydrogen-bond donors (Lipinski definition) is 0. The Balaban J connectivity index is 2.24. The molecule has 2 rings (SSSR count). The van der Waals surface area contributed by atoms with Gasteiger partial charge in [0.1, 0.15) is 16.0 Å². The average Bonchev–Trinajstić information content (AvgIpc) is 2.24. The lowest BCUT2D eigenvalue weighted by Gasteiger charge is -2.04. The molecule has 0 aliphatic heterocycles. The van der Waals surface area contributed by atoms with Crippen molar-refractivity contribution in [2.45, 2.75) is 23.8 Å². The van der Waals surface area contributed by atoms with Crippen LogP contribution in [0, 0.1) is 13.8 Å². The van der Waals surface area contributed by atoms with Crippen molar-refractivity contribution in [2.24, 2.45) is 0 Å². The van der Waals surface area contributed by atoms with E-state index in [0.29, 0.717) is 0 Å². The first kappa shape index (κ1) is 11.6. The minimum absolute atomic E-state index is 0.814. The number of aryl methyl sites for hydroxylation is 2. The van der Waals surface area contributed by atoms with Crippen molar-refractivity contribution >= 4 is 27.7 Å². The monoisotopic (exact) mass is 294 g/mol. The molecule has 0 bridgehead atoms. The number of hydrogen-bond acceptors (Lipinski definition) is 3. The van der Waals surface area contributed by atoms with E-state index in [1.807, 2.05) is 6.07 Å². The largest absolute Gasteiger partial charge is 0.230 e. The molecule has 16 heavy (non-hydrogen) atoms. The third-order valence-electron chi connectivity index (χ3n) is 2.31. The van der Waals surface area contributed by atoms with Crippen LogP contribution in [0.5, 0.6) is 0 Å². The highest BCUT2D eigenvalue weighted by atomic mass is 79.9. The van der Waals surface area contributed by atoms with Gasteiger partial charge in [-0.2, -0.15) is 0 Å². The predicted molar refractivity (Wildman–Crippen MR) is 69.8 cm³/mol. The van der Waals surface area contributed by atoms with Crippen molar-refractivity contribution in [3.8, 4) is 0 Å². The molecular formula is C12H11BrN2S. The molecule has 2 nitrogen and oxygen atoms in total. The molecule has 1 heterocycles. The van der Waals surface area contributed by atoms with Crippen LogP contribution in [0.25, 0.3) is 0 Å². The highest BCUT2D eigenvalue weighted by molar-refractivity contribution is 9.10. The predicted octanol–water partition coefficient (Wildman–Crippen LogP) is 4.01. The second-order valence-corrected chi connectivity index (χ2v) is 5.43. The lowest BCUT2D eigenvalue weighted by molar-refractivity contribution is 1.03. The minimum atomic E-state index is 0.814. The zero-order valence-electron chi connectivity index (χ0n) is 9.07. The lowest BCUT2D eigenvalue weighted by atomic mass is 10.1. The first-order valence-electron chi connectivity index (χ1n) is 4.88. The molecule has 0 radical (unpaired) electrons. The highest BCUT2D eigenvalue weighted by Gasteiger charge is 2.01. The Bertz CT molecular complexity index is 514. The second-order valence-electron chi connectivity index (χ2n) is 3.53. The molecule has 0 aliphatic rings. The van der Waals surface area contributed by atoms with Crippen LogP contribution in [0.3, 0.4) is 0 Å². The van der Waals surface area contributed by atoms with Crippen LogP contribution in [0.1, 0.15) is 11.1 Å². The molecule has 0 aliphatic carbocycles. The molecule has 0 N–H and O–H groups in total. The van der Waals surface area contributed by atoms with E-state index in [-0.39, 0.29) is 0 Å². The Kier molecular flexibility index (Phi) is 3.61. The van der Waals surface area contributed by atoms with Crippen molar-refractivity contribution in [3.05, 3.63) is 46.3 Å². The van der Waals surface area contributed by atoms with Crippen molar-refractivity contribution < 1.29 is 0 Å². The SMILES string of the molecule is Cc1ccc(Sc2cc(Br)ncn2)cc1C. The molecule has 0 spiro atoms. The van der Waals surface area contributed by atoms with Crippen molar-refractivity contribution in [2.75, 3.05) is 0 Å². The van der Waals surface area contributed by atoms with Gasteiger partial charge in [0, 0.05) is 11.0 Å². The van der Waals surface area contributed by atoms with Crippen LogP contribution in [0.4, 0.5) is 0 Å². The van der Waals surface area contributed by atoms with Crippen LogP contribution in [-0.4, -0.2) is 9.97 Å². The summed E-state index contributed by atoms with van der Waals surface area (Å²) >= 11 is 4.98. The number of rotatable bonds is 2. The number of nitrogens with zero attached hydrogens (tertiary/aromatic N) is 2. The quantitative estimate of drug-likeness (QED) is 0.783. The first-order chi connectivity index (χ1) is 7.65. The fraction of sp³-hybridized carbons (Fsp3) is 0.167. The van der Waals surface area contributed by atoms with E-state index in [1.165, 1.54) is 16.0 Å². The third-order valence-corrected chi connectivity index (χ3v) is 3.67. The summed E-state index contributed by atoms with van der Waals surface area (Å²) in [6.45, 7) is 4.24. The topological polar surface area (TPSA) is 25.8 Å². The summed E-state index contributed by atoms with van der Waals surface area (Å²) in [4.78, 5) is 9.42. The maximum Gasteiger partial charge on any atom is 0.118 e. The Morgan fingerprint density at radius 1 is 1.06 bits per heavy atom. The van der Waals surface area contributed by atoms with Gasteiger partial charge in [0.05, 0.1) is 0 Å². The minimum Gasteiger partial charge on any atom is -0.230 e. The second kappa shape index (κ2) is 4.97. The van der Waals surface area contributed by atoms with Gasteiger partial charge in [0.25, 0.3) is 0 Å². The zero-order chi connectivity index (χ0) is 11.5. The smallest absolute Gasteiger partial charge is 0.118 e. The van der Waals surface area contributed by atoms with Gasteiger partial charge in [-0.15, -0.1) is 0 Å². The van der Waals surface area contributed by atoms with Crippen molar-refractivity contribution in [3.63, 3.8) is 0 Å². The Morgan fingerprint density at radius 3 is 2.56 bits per heavy atom. The molecule has 82 valence electrons. The summed E-state index contributed by atoms with van der Waals surface area (Å²) in [6.07, 6.45) is 1.56. The molecule has 0 unspecified atom stereocenters. The van der Waals surface area contributed by atoms with Crippen molar-refractivity contribution in [1.29, 1.82) is 0 Å². The first-order valence-corrected chi connectivity index (χ1v) is 6.49. The van der Waals surface area contributed by atoms with Crippen LogP contribution in [-0.2, 0) is 0 Å². The fourth-order valence-electron chi connectivity index (χ4n) is 1.27. The molecular weight excluding hydrogens is 284 g/mol. The summed E-state index contributed by atoms with van der Waals surface area (Å²) < 4.78 is 0.814. The van der Waals surface area contributed by atoms with Gasteiger partial charge in [-0.25, -0.2) is 9.97 Å². The van der Waals surface area contributed by atoms with Crippen LogP contribution < -0.4 is 0 Å². The third kappa shape index (κ3) is 2.83. The molecule has 0 saturated heterocycles. The molecule has 1 aromatic carbocycles. The van der Waals surface area contributed by atoms with Gasteiger partial charge < -0.3 is 0 Å². The van der Waals surface area contributed by atoms with Crippen LogP contribution >= 0.6 is 27.7 Å². The summed E-state index contributed by atoms with van der Waals surface area (Å²) in [7, 11) is 0. The maximum atomic E-state index is 4.21. The van der Waals surface area contributed by atoms with E-state index in [9.17, 15) is 0 Å². The average molecular weight is 295 g/mol. The zero-order valence-corrected chi connectivity index (χ0v) is 11.5. The van der Waals surface area contributed by atoms with Gasteiger partial charge in [-0.05, 0) is 53.0 Å². The van der Waals surface area contributed by atoms with Crippen LogP contribution in [0.15, 0.2) is 45.1 Å². The van der Waals surface area contributed by atoms with E-state index in [1.54, 1.807) is 18.1 Å². The maximum absolute atomic E-state index is 4.21. The number of benzene rings is 1. The molecule has 0 amide bonds.